The van der Waals surface area contributed by atoms with Gasteiger partial charge in [-0.05, 0) is 44.0 Å². The van der Waals surface area contributed by atoms with E-state index >= 15 is 0 Å². The second kappa shape index (κ2) is 7.97. The van der Waals surface area contributed by atoms with Crippen LogP contribution in [-0.2, 0) is 14.3 Å². The number of urea groups is 1. The molecule has 1 atom stereocenters. The topological polar surface area (TPSA) is 118 Å². The number of nitrogens with one attached hydrogen (secondary N) is 2. The zero-order valence-corrected chi connectivity index (χ0v) is 13.1. The molecular weight excluding hydrogens is 314 g/mol. The van der Waals surface area contributed by atoms with Crippen LogP contribution in [0.4, 0.5) is 4.79 Å². The highest BCUT2D eigenvalue weighted by Crippen LogP contribution is 2.18. The molecule has 24 heavy (non-hydrogen) atoms. The van der Waals surface area contributed by atoms with E-state index in [1.807, 2.05) is 6.07 Å². The molecule has 8 heteroatoms. The van der Waals surface area contributed by atoms with Gasteiger partial charge < -0.3 is 14.8 Å². The molecule has 0 saturated heterocycles. The second-order valence-electron chi connectivity index (χ2n) is 5.30. The molecule has 1 aromatic carbocycles. The third-order valence-corrected chi connectivity index (χ3v) is 3.14. The Labute approximate surface area is 138 Å². The van der Waals surface area contributed by atoms with E-state index in [0.29, 0.717) is 11.3 Å². The van der Waals surface area contributed by atoms with E-state index in [2.05, 4.69) is 10.6 Å². The molecule has 1 fully saturated rings. The maximum atomic E-state index is 11.8. The summed E-state index contributed by atoms with van der Waals surface area (Å²) >= 11 is 0. The van der Waals surface area contributed by atoms with Crippen LogP contribution in [0.1, 0.15) is 25.3 Å². The van der Waals surface area contributed by atoms with Gasteiger partial charge in [-0.3, -0.25) is 10.1 Å². The van der Waals surface area contributed by atoms with Gasteiger partial charge in [-0.2, -0.15) is 5.26 Å². The summed E-state index contributed by atoms with van der Waals surface area (Å²) in [5.41, 5.74) is 0.471. The minimum absolute atomic E-state index is 0.126. The van der Waals surface area contributed by atoms with Gasteiger partial charge in [0.05, 0.1) is 11.6 Å². The molecule has 1 aliphatic rings. The molecule has 0 aromatic heterocycles. The molecule has 0 spiro atoms. The largest absolute Gasteiger partial charge is 0.479 e. The molecule has 0 bridgehead atoms. The number of esters is 1. The van der Waals surface area contributed by atoms with Gasteiger partial charge in [0, 0.05) is 6.04 Å². The third-order valence-electron chi connectivity index (χ3n) is 3.14. The lowest BCUT2D eigenvalue weighted by molar-refractivity contribution is -0.154. The number of amides is 3. The lowest BCUT2D eigenvalue weighted by atomic mass is 10.2. The first-order valence-electron chi connectivity index (χ1n) is 7.41. The van der Waals surface area contributed by atoms with Crippen molar-refractivity contribution < 1.29 is 23.9 Å². The first-order valence-corrected chi connectivity index (χ1v) is 7.41. The minimum Gasteiger partial charge on any atom is -0.479 e. The van der Waals surface area contributed by atoms with Crippen LogP contribution >= 0.6 is 0 Å². The fourth-order valence-corrected chi connectivity index (χ4v) is 1.73. The average molecular weight is 331 g/mol. The van der Waals surface area contributed by atoms with Crippen LogP contribution in [0.15, 0.2) is 24.3 Å². The number of benzene rings is 1. The maximum Gasteiger partial charge on any atom is 0.347 e. The third kappa shape index (κ3) is 5.61. The number of ether oxygens (including phenoxy) is 2. The quantitative estimate of drug-likeness (QED) is 0.746. The van der Waals surface area contributed by atoms with Crippen molar-refractivity contribution in [2.24, 2.45) is 0 Å². The van der Waals surface area contributed by atoms with Crippen molar-refractivity contribution in [1.29, 1.82) is 5.26 Å². The number of hydrogen-bond acceptors (Lipinski definition) is 6. The molecule has 3 amide bonds. The van der Waals surface area contributed by atoms with Crippen LogP contribution in [0.2, 0.25) is 0 Å². The molecular formula is C16H17N3O5. The number of nitrogens with zero attached hydrogens (tertiary/aromatic N) is 1. The number of carbonyl (C=O) groups is 3. The first kappa shape index (κ1) is 17.3. The van der Waals surface area contributed by atoms with Crippen LogP contribution in [0.5, 0.6) is 5.75 Å². The van der Waals surface area contributed by atoms with Gasteiger partial charge in [0.1, 0.15) is 5.75 Å². The smallest absolute Gasteiger partial charge is 0.347 e. The zero-order chi connectivity index (χ0) is 17.5. The molecule has 1 aliphatic carbocycles. The molecule has 0 unspecified atom stereocenters. The van der Waals surface area contributed by atoms with Crippen LogP contribution in [-0.4, -0.2) is 36.7 Å². The molecule has 2 rings (SSSR count). The van der Waals surface area contributed by atoms with Crippen LogP contribution in [0.25, 0.3) is 0 Å². The molecule has 0 heterocycles. The second-order valence-corrected chi connectivity index (χ2v) is 5.30. The van der Waals surface area contributed by atoms with Crippen molar-refractivity contribution in [3.05, 3.63) is 29.8 Å². The summed E-state index contributed by atoms with van der Waals surface area (Å²) in [6, 6.07) is 7.71. The van der Waals surface area contributed by atoms with E-state index in [1.54, 1.807) is 24.3 Å². The standard InChI is InChI=1S/C16H17N3O5/c1-10(24-13-6-2-11(8-17)3-7-13)15(21)23-9-14(20)19-16(22)18-12-4-5-12/h2-3,6-7,10,12H,4-5,9H2,1H3,(H2,18,19,20,22)/t10-/m1/s1. The Kier molecular flexibility index (Phi) is 5.73. The summed E-state index contributed by atoms with van der Waals surface area (Å²) in [4.78, 5) is 34.6. The molecule has 0 radical (unpaired) electrons. The van der Waals surface area contributed by atoms with E-state index in [1.165, 1.54) is 6.92 Å². The number of hydrogen-bond donors (Lipinski definition) is 2. The molecule has 1 saturated carbocycles. The Morgan fingerprint density at radius 3 is 2.54 bits per heavy atom. The lowest BCUT2D eigenvalue weighted by Crippen LogP contribution is -2.42. The fraction of sp³-hybridized carbons (Fsp3) is 0.375. The zero-order valence-electron chi connectivity index (χ0n) is 13.1. The van der Waals surface area contributed by atoms with Crippen molar-refractivity contribution in [3.63, 3.8) is 0 Å². The summed E-state index contributed by atoms with van der Waals surface area (Å²) in [7, 11) is 0. The normalized spacial score (nSPS) is 14.0. The molecule has 1 aromatic rings. The van der Waals surface area contributed by atoms with Crippen molar-refractivity contribution in [2.45, 2.75) is 31.9 Å². The van der Waals surface area contributed by atoms with Crippen LogP contribution in [0.3, 0.4) is 0 Å². The summed E-state index contributed by atoms with van der Waals surface area (Å²) in [5, 5.41) is 13.4. The highest BCUT2D eigenvalue weighted by atomic mass is 16.6. The molecule has 2 N–H and O–H groups in total. The van der Waals surface area contributed by atoms with Crippen molar-refractivity contribution >= 4 is 17.9 Å². The van der Waals surface area contributed by atoms with Gasteiger partial charge in [0.15, 0.2) is 12.7 Å². The predicted octanol–water partition coefficient (Wildman–Crippen LogP) is 0.857. The highest BCUT2D eigenvalue weighted by molar-refractivity contribution is 5.95. The van der Waals surface area contributed by atoms with Gasteiger partial charge in [-0.25, -0.2) is 9.59 Å². The Morgan fingerprint density at radius 1 is 1.29 bits per heavy atom. The molecule has 126 valence electrons. The van der Waals surface area contributed by atoms with Gasteiger partial charge in [0.2, 0.25) is 0 Å². The SMILES string of the molecule is C[C@@H](Oc1ccc(C#N)cc1)C(=O)OCC(=O)NC(=O)NC1CC1. The van der Waals surface area contributed by atoms with Gasteiger partial charge in [0.25, 0.3) is 5.91 Å². The monoisotopic (exact) mass is 331 g/mol. The predicted molar refractivity (Wildman–Crippen MR) is 81.9 cm³/mol. The summed E-state index contributed by atoms with van der Waals surface area (Å²) < 4.78 is 10.2. The average Bonchev–Trinajstić information content (AvgIpc) is 3.37. The summed E-state index contributed by atoms with van der Waals surface area (Å²) in [6.45, 7) is 0.899. The van der Waals surface area contributed by atoms with Crippen molar-refractivity contribution in [1.82, 2.24) is 10.6 Å². The Balaban J connectivity index is 1.71. The maximum absolute atomic E-state index is 11.8. The summed E-state index contributed by atoms with van der Waals surface area (Å²) in [5.74, 6) is -1.06. The van der Waals surface area contributed by atoms with Gasteiger partial charge in [-0.15, -0.1) is 0 Å². The molecule has 0 aliphatic heterocycles. The lowest BCUT2D eigenvalue weighted by Gasteiger charge is -2.14. The number of carbonyl (C=O) groups excluding carboxylic acids is 3. The van der Waals surface area contributed by atoms with E-state index in [0.717, 1.165) is 12.8 Å². The van der Waals surface area contributed by atoms with Gasteiger partial charge in [-0.1, -0.05) is 0 Å². The number of rotatable bonds is 6. The number of nitriles is 1. The van der Waals surface area contributed by atoms with E-state index in [9.17, 15) is 14.4 Å². The Hall–Kier alpha value is -3.08. The van der Waals surface area contributed by atoms with Gasteiger partial charge >= 0.3 is 12.0 Å². The van der Waals surface area contributed by atoms with Crippen molar-refractivity contribution in [3.8, 4) is 11.8 Å². The molecule has 8 nitrogen and oxygen atoms in total. The fourth-order valence-electron chi connectivity index (χ4n) is 1.73. The first-order chi connectivity index (χ1) is 11.5. The van der Waals surface area contributed by atoms with Crippen LogP contribution < -0.4 is 15.4 Å². The summed E-state index contributed by atoms with van der Waals surface area (Å²) in [6.07, 6.45) is 0.868. The van der Waals surface area contributed by atoms with E-state index < -0.39 is 30.6 Å². The van der Waals surface area contributed by atoms with E-state index in [-0.39, 0.29) is 6.04 Å². The number of imide groups is 1. The Morgan fingerprint density at radius 2 is 1.96 bits per heavy atom. The highest BCUT2D eigenvalue weighted by Gasteiger charge is 2.24. The minimum atomic E-state index is -0.939. The van der Waals surface area contributed by atoms with Crippen LogP contribution in [0, 0.1) is 11.3 Å². The Bertz CT molecular complexity index is 661. The van der Waals surface area contributed by atoms with E-state index in [4.69, 9.17) is 14.7 Å². The van der Waals surface area contributed by atoms with Crippen molar-refractivity contribution in [2.75, 3.05) is 6.61 Å².